The van der Waals surface area contributed by atoms with Gasteiger partial charge in [0.2, 0.25) is 11.8 Å². The topological polar surface area (TPSA) is 90.0 Å². The molecule has 2 amide bonds. The number of likely N-dealkylation sites (tertiary alicyclic amines) is 2. The first-order chi connectivity index (χ1) is 20.8. The summed E-state index contributed by atoms with van der Waals surface area (Å²) in [6, 6.07) is 16.7. The van der Waals surface area contributed by atoms with E-state index < -0.39 is 16.1 Å². The van der Waals surface area contributed by atoms with Crippen LogP contribution >= 0.6 is 34.3 Å². The first kappa shape index (κ1) is 30.5. The van der Waals surface area contributed by atoms with Gasteiger partial charge in [-0.1, -0.05) is 48.0 Å². The lowest BCUT2D eigenvalue weighted by atomic mass is 9.99. The summed E-state index contributed by atoms with van der Waals surface area (Å²) in [6.07, 6.45) is 6.21. The number of hydrogen-bond acceptors (Lipinski definition) is 7. The van der Waals surface area contributed by atoms with Gasteiger partial charge in [-0.15, -0.1) is 22.7 Å². The van der Waals surface area contributed by atoms with Crippen LogP contribution in [0.25, 0.3) is 15.3 Å². The van der Waals surface area contributed by atoms with Crippen LogP contribution in [0, 0.1) is 0 Å². The molecule has 43 heavy (non-hydrogen) atoms. The third-order valence-electron chi connectivity index (χ3n) is 8.42. The molecule has 0 saturated carbocycles. The number of thiophene rings is 2. The molecule has 5 heterocycles. The molecule has 2 unspecified atom stereocenters. The van der Waals surface area contributed by atoms with Gasteiger partial charge in [0.05, 0.1) is 10.9 Å². The third-order valence-corrected chi connectivity index (χ3v) is 12.9. The number of amides is 2. The number of carbonyl (C=O) groups excluding carboxylic acids is 2. The molecule has 2 atom stereocenters. The average molecular weight is 659 g/mol. The fourth-order valence-corrected chi connectivity index (χ4v) is 9.87. The monoisotopic (exact) mass is 658 g/mol. The highest BCUT2D eigenvalue weighted by atomic mass is 35.5. The van der Waals surface area contributed by atoms with Crippen molar-refractivity contribution in [2.45, 2.75) is 48.4 Å². The first-order valence-corrected chi connectivity index (χ1v) is 18.2. The molecule has 0 spiro atoms. The van der Waals surface area contributed by atoms with Crippen LogP contribution in [0.15, 0.2) is 64.9 Å². The Morgan fingerprint density at radius 1 is 0.953 bits per heavy atom. The summed E-state index contributed by atoms with van der Waals surface area (Å²) in [5.74, 6) is -0.398. The van der Waals surface area contributed by atoms with Crippen molar-refractivity contribution in [1.29, 1.82) is 0 Å². The summed E-state index contributed by atoms with van der Waals surface area (Å²) in [4.78, 5) is 34.4. The van der Waals surface area contributed by atoms with Gasteiger partial charge in [0.25, 0.3) is 10.0 Å². The number of rotatable bonds is 9. The number of nitrogens with zero attached hydrogens (tertiary/aromatic N) is 3. The summed E-state index contributed by atoms with van der Waals surface area (Å²) < 4.78 is 29.8. The van der Waals surface area contributed by atoms with Crippen molar-refractivity contribution in [1.82, 2.24) is 19.4 Å². The van der Waals surface area contributed by atoms with Crippen LogP contribution in [0.3, 0.4) is 0 Å². The van der Waals surface area contributed by atoms with E-state index in [9.17, 15) is 18.0 Å². The lowest BCUT2D eigenvalue weighted by Gasteiger charge is -2.35. The van der Waals surface area contributed by atoms with Crippen LogP contribution in [0.2, 0.25) is 4.34 Å². The van der Waals surface area contributed by atoms with E-state index in [1.54, 1.807) is 18.2 Å². The number of benzene rings is 1. The van der Waals surface area contributed by atoms with E-state index in [4.69, 9.17) is 11.6 Å². The number of hydrogen-bond donors (Lipinski definition) is 1. The van der Waals surface area contributed by atoms with Gasteiger partial charge in [0.15, 0.2) is 0 Å². The van der Waals surface area contributed by atoms with Crippen LogP contribution in [-0.4, -0.2) is 86.3 Å². The van der Waals surface area contributed by atoms with E-state index in [1.807, 2.05) is 17.0 Å². The zero-order valence-electron chi connectivity index (χ0n) is 23.8. The van der Waals surface area contributed by atoms with Crippen molar-refractivity contribution in [3.8, 4) is 9.75 Å². The van der Waals surface area contributed by atoms with Crippen molar-refractivity contribution in [2.24, 2.45) is 0 Å². The molecule has 3 aliphatic heterocycles. The molecule has 228 valence electrons. The van der Waals surface area contributed by atoms with Crippen LogP contribution in [0.4, 0.5) is 0 Å². The Balaban J connectivity index is 1.04. The van der Waals surface area contributed by atoms with Crippen LogP contribution in [-0.2, 0) is 19.6 Å². The van der Waals surface area contributed by atoms with E-state index in [2.05, 4.69) is 40.0 Å². The molecule has 0 bridgehead atoms. The van der Waals surface area contributed by atoms with Gasteiger partial charge in [0, 0.05) is 48.5 Å². The zero-order valence-corrected chi connectivity index (χ0v) is 27.0. The summed E-state index contributed by atoms with van der Waals surface area (Å²) >= 11 is 8.57. The summed E-state index contributed by atoms with van der Waals surface area (Å²) in [6.45, 7) is 3.76. The first-order valence-electron chi connectivity index (χ1n) is 14.7. The molecular formula is C31H35ClN4O4S3. The zero-order chi connectivity index (χ0) is 30.0. The lowest BCUT2D eigenvalue weighted by molar-refractivity contribution is -0.143. The van der Waals surface area contributed by atoms with Crippen molar-refractivity contribution in [2.75, 3.05) is 39.3 Å². The molecule has 2 fully saturated rings. The second kappa shape index (κ2) is 13.2. The molecule has 0 radical (unpaired) electrons. The number of carbonyl (C=O) groups is 2. The maximum absolute atomic E-state index is 13.5. The maximum Gasteiger partial charge on any atom is 0.250 e. The normalized spacial score (nSPS) is 21.8. The Morgan fingerprint density at radius 3 is 2.47 bits per heavy atom. The Bertz CT molecular complexity index is 1600. The molecule has 3 aliphatic rings. The molecule has 2 aromatic heterocycles. The van der Waals surface area contributed by atoms with E-state index in [0.29, 0.717) is 30.3 Å². The average Bonchev–Trinajstić information content (AvgIpc) is 3.78. The molecule has 3 aromatic rings. The second-order valence-electron chi connectivity index (χ2n) is 11.3. The molecule has 1 N–H and O–H groups in total. The van der Waals surface area contributed by atoms with E-state index in [0.717, 1.165) is 60.0 Å². The highest BCUT2D eigenvalue weighted by Crippen LogP contribution is 2.37. The standard InChI is InChI=1S/C31H35ClN4O4S3/c32-28-12-10-26(41-28)27-11-13-30(42-27)43(39,40)33-25-9-5-16-35(31(25)38)21-29(37)36-17-4-8-24(36)20-34-18-14-23(15-19-34)22-6-2-1-3-7-22/h1-3,6-7,10-14,24-25,33H,4-5,8-9,15-21H2. The molecule has 8 nitrogen and oxygen atoms in total. The highest BCUT2D eigenvalue weighted by Gasteiger charge is 2.36. The van der Waals surface area contributed by atoms with Gasteiger partial charge in [-0.3, -0.25) is 14.5 Å². The van der Waals surface area contributed by atoms with E-state index >= 15 is 0 Å². The van der Waals surface area contributed by atoms with Crippen molar-refractivity contribution in [3.05, 3.63) is 70.6 Å². The molecule has 12 heteroatoms. The van der Waals surface area contributed by atoms with E-state index in [-0.39, 0.29) is 28.6 Å². The summed E-state index contributed by atoms with van der Waals surface area (Å²) in [7, 11) is -3.90. The Morgan fingerprint density at radius 2 is 1.72 bits per heavy atom. The van der Waals surface area contributed by atoms with Gasteiger partial charge in [-0.2, -0.15) is 4.72 Å². The van der Waals surface area contributed by atoms with Gasteiger partial charge in [-0.25, -0.2) is 8.42 Å². The highest BCUT2D eigenvalue weighted by molar-refractivity contribution is 7.91. The summed E-state index contributed by atoms with van der Waals surface area (Å²) in [5.41, 5.74) is 2.65. The van der Waals surface area contributed by atoms with Crippen molar-refractivity contribution >= 4 is 61.7 Å². The number of piperidine rings is 1. The predicted octanol–water partition coefficient (Wildman–Crippen LogP) is 5.18. The van der Waals surface area contributed by atoms with Gasteiger partial charge in [-0.05, 0) is 67.5 Å². The minimum absolute atomic E-state index is 0.0199. The number of nitrogens with one attached hydrogen (secondary N) is 1. The maximum atomic E-state index is 13.5. The van der Waals surface area contributed by atoms with Crippen molar-refractivity contribution < 1.29 is 18.0 Å². The quantitative estimate of drug-likeness (QED) is 0.342. The van der Waals surface area contributed by atoms with Crippen LogP contribution in [0.5, 0.6) is 0 Å². The molecule has 0 aliphatic carbocycles. The smallest absolute Gasteiger partial charge is 0.250 e. The Hall–Kier alpha value is -2.54. The lowest BCUT2D eigenvalue weighted by Crippen LogP contribution is -2.55. The molecular weight excluding hydrogens is 624 g/mol. The Labute approximate surface area is 266 Å². The van der Waals surface area contributed by atoms with Gasteiger partial charge in [0.1, 0.15) is 10.3 Å². The summed E-state index contributed by atoms with van der Waals surface area (Å²) in [5, 5.41) is 0. The fraction of sp³-hybridized carbons (Fsp3) is 0.419. The van der Waals surface area contributed by atoms with Gasteiger partial charge < -0.3 is 9.80 Å². The number of sulfonamides is 1. The minimum atomic E-state index is -3.90. The Kier molecular flexibility index (Phi) is 9.37. The molecule has 6 rings (SSSR count). The van der Waals surface area contributed by atoms with Gasteiger partial charge >= 0.3 is 0 Å². The SMILES string of the molecule is O=C1C(NS(=O)(=O)c2ccc(-c3ccc(Cl)s3)s2)CCCN1CC(=O)N1CCCC1CN1CC=C(c2ccccc2)CC1. The molecule has 1 aromatic carbocycles. The molecule has 2 saturated heterocycles. The van der Waals surface area contributed by atoms with Crippen LogP contribution < -0.4 is 4.72 Å². The fourth-order valence-electron chi connectivity index (χ4n) is 6.19. The second-order valence-corrected chi connectivity index (χ2v) is 16.0. The van der Waals surface area contributed by atoms with Crippen LogP contribution in [0.1, 0.15) is 37.7 Å². The number of halogens is 1. The van der Waals surface area contributed by atoms with Crippen molar-refractivity contribution in [3.63, 3.8) is 0 Å². The largest absolute Gasteiger partial charge is 0.337 e. The minimum Gasteiger partial charge on any atom is -0.337 e. The third kappa shape index (κ3) is 7.08. The predicted molar refractivity (Wildman–Crippen MR) is 173 cm³/mol. The van der Waals surface area contributed by atoms with E-state index in [1.165, 1.54) is 27.4 Å².